The minimum Gasteiger partial charge on any atom is -0.258 e. The van der Waals surface area contributed by atoms with Gasteiger partial charge in [-0.1, -0.05) is 108 Å². The Labute approximate surface area is 230 Å². The molecule has 1 aliphatic rings. The van der Waals surface area contributed by atoms with E-state index in [1.54, 1.807) is 0 Å². The fraction of sp³-hybridized carbons (Fsp3) is 0.306. The van der Waals surface area contributed by atoms with Gasteiger partial charge in [-0.05, 0) is 69.3 Å². The summed E-state index contributed by atoms with van der Waals surface area (Å²) in [6.45, 7) is 13.9. The summed E-state index contributed by atoms with van der Waals surface area (Å²) >= 11 is 1.91. The van der Waals surface area contributed by atoms with Gasteiger partial charge in [0.15, 0.2) is 0 Å². The molecule has 1 nitrogen and oxygen atoms in total. The Morgan fingerprint density at radius 1 is 0.842 bits per heavy atom. The van der Waals surface area contributed by atoms with Gasteiger partial charge in [0.2, 0.25) is 0 Å². The van der Waals surface area contributed by atoms with Crippen molar-refractivity contribution in [1.82, 2.24) is 4.98 Å². The van der Waals surface area contributed by atoms with Crippen molar-refractivity contribution in [3.8, 4) is 0 Å². The zero-order valence-corrected chi connectivity index (χ0v) is 24.2. The highest BCUT2D eigenvalue weighted by molar-refractivity contribution is 7.26. The smallest absolute Gasteiger partial charge is 0.0728 e. The highest BCUT2D eigenvalue weighted by Crippen LogP contribution is 2.47. The predicted molar refractivity (Wildman–Crippen MR) is 167 cm³/mol. The van der Waals surface area contributed by atoms with E-state index in [1.807, 2.05) is 17.5 Å². The largest absolute Gasteiger partial charge is 0.258 e. The molecule has 6 rings (SSSR count). The third kappa shape index (κ3) is 4.29. The molecule has 1 unspecified atom stereocenters. The quantitative estimate of drug-likeness (QED) is 0.233. The molecule has 5 aromatic rings. The highest BCUT2D eigenvalue weighted by Gasteiger charge is 2.37. The maximum Gasteiger partial charge on any atom is 0.0728 e. The number of fused-ring (bicyclic) bond motifs is 4. The predicted octanol–water partition coefficient (Wildman–Crippen LogP) is 10.3. The fourth-order valence-electron chi connectivity index (χ4n) is 6.12. The van der Waals surface area contributed by atoms with E-state index < -0.39 is 0 Å². The topological polar surface area (TPSA) is 12.9 Å². The van der Waals surface area contributed by atoms with Gasteiger partial charge >= 0.3 is 0 Å². The number of hydrogen-bond acceptors (Lipinski definition) is 2. The van der Waals surface area contributed by atoms with Crippen molar-refractivity contribution in [3.05, 3.63) is 114 Å². The molecule has 0 saturated heterocycles. The van der Waals surface area contributed by atoms with E-state index in [-0.39, 0.29) is 16.2 Å². The Morgan fingerprint density at radius 2 is 1.66 bits per heavy atom. The van der Waals surface area contributed by atoms with Crippen LogP contribution in [0.25, 0.3) is 30.9 Å². The molecule has 0 saturated carbocycles. The van der Waals surface area contributed by atoms with Crippen molar-refractivity contribution >= 4 is 42.3 Å². The maximum atomic E-state index is 5.15. The van der Waals surface area contributed by atoms with Crippen LogP contribution in [0.15, 0.2) is 91.2 Å². The summed E-state index contributed by atoms with van der Waals surface area (Å²) < 4.78 is 2.66. The number of rotatable bonds is 3. The Bertz CT molecular complexity index is 1740. The molecule has 0 radical (unpaired) electrons. The normalized spacial score (nSPS) is 18.2. The van der Waals surface area contributed by atoms with Crippen LogP contribution in [0.2, 0.25) is 0 Å². The summed E-state index contributed by atoms with van der Waals surface area (Å²) in [5, 5.41) is 5.29. The van der Waals surface area contributed by atoms with Gasteiger partial charge in [0.05, 0.1) is 15.8 Å². The first-order valence-corrected chi connectivity index (χ1v) is 14.6. The van der Waals surface area contributed by atoms with E-state index in [4.69, 9.17) is 4.98 Å². The average molecular weight is 516 g/mol. The summed E-state index contributed by atoms with van der Waals surface area (Å²) in [6, 6.07) is 23.0. The second-order valence-electron chi connectivity index (χ2n) is 13.2. The van der Waals surface area contributed by atoms with Gasteiger partial charge in [-0.2, -0.15) is 0 Å². The van der Waals surface area contributed by atoms with E-state index in [2.05, 4.69) is 127 Å². The number of aromatic nitrogens is 1. The van der Waals surface area contributed by atoms with Crippen LogP contribution < -0.4 is 0 Å². The van der Waals surface area contributed by atoms with Crippen LogP contribution in [-0.4, -0.2) is 4.98 Å². The van der Waals surface area contributed by atoms with Crippen LogP contribution in [0.5, 0.6) is 0 Å². The van der Waals surface area contributed by atoms with E-state index >= 15 is 0 Å². The Balaban J connectivity index is 1.62. The fourth-order valence-corrected chi connectivity index (χ4v) is 7.46. The lowest BCUT2D eigenvalue weighted by Gasteiger charge is -2.34. The van der Waals surface area contributed by atoms with Gasteiger partial charge in [-0.15, -0.1) is 11.3 Å². The highest BCUT2D eigenvalue weighted by atomic mass is 32.1. The summed E-state index contributed by atoms with van der Waals surface area (Å²) in [5.74, 6) is 0. The van der Waals surface area contributed by atoms with Gasteiger partial charge in [0, 0.05) is 21.7 Å². The first-order valence-electron chi connectivity index (χ1n) is 13.7. The maximum absolute atomic E-state index is 5.15. The van der Waals surface area contributed by atoms with Crippen LogP contribution in [0.1, 0.15) is 70.3 Å². The van der Waals surface area contributed by atoms with Crippen molar-refractivity contribution in [2.24, 2.45) is 5.41 Å². The molecule has 0 bridgehead atoms. The van der Waals surface area contributed by atoms with Crippen LogP contribution in [0.3, 0.4) is 0 Å². The number of nitrogens with zero attached hydrogens (tertiary/aromatic N) is 1. The van der Waals surface area contributed by atoms with Crippen molar-refractivity contribution in [1.29, 1.82) is 0 Å². The molecule has 1 aliphatic carbocycles. The van der Waals surface area contributed by atoms with Gasteiger partial charge in [-0.25, -0.2) is 0 Å². The third-order valence-corrected chi connectivity index (χ3v) is 9.04. The van der Waals surface area contributed by atoms with Crippen LogP contribution in [0.4, 0.5) is 0 Å². The second-order valence-corrected chi connectivity index (χ2v) is 14.2. The van der Waals surface area contributed by atoms with E-state index in [0.29, 0.717) is 0 Å². The molecular formula is C36H37NS. The molecule has 0 amide bonds. The van der Waals surface area contributed by atoms with Crippen molar-refractivity contribution < 1.29 is 0 Å². The first kappa shape index (κ1) is 25.1. The number of benzene rings is 3. The molecule has 2 aromatic heterocycles. The molecule has 0 spiro atoms. The average Bonchev–Trinajstić information content (AvgIpc) is 3.24. The number of allylic oxidation sites excluding steroid dienone is 4. The molecule has 3 aromatic carbocycles. The molecule has 0 N–H and O–H groups in total. The molecule has 0 aliphatic heterocycles. The monoisotopic (exact) mass is 515 g/mol. The molecule has 38 heavy (non-hydrogen) atoms. The van der Waals surface area contributed by atoms with Crippen LogP contribution in [0, 0.1) is 5.41 Å². The lowest BCUT2D eigenvalue weighted by molar-refractivity contribution is 0.411. The van der Waals surface area contributed by atoms with Crippen LogP contribution in [-0.2, 0) is 17.3 Å². The zero-order valence-electron chi connectivity index (χ0n) is 23.4. The second kappa shape index (κ2) is 8.92. The van der Waals surface area contributed by atoms with E-state index in [9.17, 15) is 0 Å². The molecular weight excluding hydrogens is 478 g/mol. The van der Waals surface area contributed by atoms with Gasteiger partial charge in [0.1, 0.15) is 0 Å². The number of thiophene rings is 1. The molecule has 192 valence electrons. The van der Waals surface area contributed by atoms with E-state index in [0.717, 1.165) is 12.8 Å². The van der Waals surface area contributed by atoms with Crippen molar-refractivity contribution in [2.45, 2.75) is 65.2 Å². The zero-order chi connectivity index (χ0) is 26.7. The van der Waals surface area contributed by atoms with Crippen LogP contribution >= 0.6 is 11.3 Å². The summed E-state index contributed by atoms with van der Waals surface area (Å²) in [7, 11) is 0. The van der Waals surface area contributed by atoms with Gasteiger partial charge in [0.25, 0.3) is 0 Å². The molecule has 2 heteroatoms. The summed E-state index contributed by atoms with van der Waals surface area (Å²) in [6.07, 6.45) is 13.1. The third-order valence-electron chi connectivity index (χ3n) is 7.86. The summed E-state index contributed by atoms with van der Waals surface area (Å²) in [5.41, 5.74) is 5.28. The Kier molecular flexibility index (Phi) is 5.88. The molecule has 0 fully saturated rings. The number of pyridine rings is 1. The molecule has 1 atom stereocenters. The number of hydrogen-bond donors (Lipinski definition) is 0. The summed E-state index contributed by atoms with van der Waals surface area (Å²) in [4.78, 5) is 5.15. The lowest BCUT2D eigenvalue weighted by Crippen LogP contribution is -2.28. The van der Waals surface area contributed by atoms with Gasteiger partial charge < -0.3 is 0 Å². The molecule has 2 heterocycles. The minimum absolute atomic E-state index is 0.0333. The van der Waals surface area contributed by atoms with Crippen molar-refractivity contribution in [2.75, 3.05) is 0 Å². The standard InChI is InChI=1S/C36H37NS/c1-34(2,3)23-24-14-15-28-29-16-19-37-33(32(29)38-31(28)20-24)36(17-10-7-11-18-36)26-21-25-12-8-9-13-27(25)30(22-26)35(4,5)6/h7-17,19-22H,18,23H2,1-6H3. The first-order chi connectivity index (χ1) is 18.1. The lowest BCUT2D eigenvalue weighted by atomic mass is 9.70. The Hall–Kier alpha value is -3.23. The van der Waals surface area contributed by atoms with Crippen molar-refractivity contribution in [3.63, 3.8) is 0 Å². The SMILES string of the molecule is CC(C)(C)Cc1ccc2c(c1)sc1c(C3(c4cc(C(C)(C)C)c5ccccc5c4)C=CC=CC3)nccc12. The van der Waals surface area contributed by atoms with E-state index in [1.165, 1.54) is 53.3 Å². The Morgan fingerprint density at radius 3 is 2.39 bits per heavy atom. The van der Waals surface area contributed by atoms with Gasteiger partial charge in [-0.3, -0.25) is 4.98 Å². The minimum atomic E-state index is -0.312.